The first-order valence-electron chi connectivity index (χ1n) is 8.16. The summed E-state index contributed by atoms with van der Waals surface area (Å²) >= 11 is 0. The molecule has 0 aliphatic carbocycles. The molecule has 2 heterocycles. The predicted molar refractivity (Wildman–Crippen MR) is 92.8 cm³/mol. The van der Waals surface area contributed by atoms with Gasteiger partial charge in [-0.2, -0.15) is 0 Å². The molecule has 0 saturated carbocycles. The van der Waals surface area contributed by atoms with Crippen molar-refractivity contribution in [2.45, 2.75) is 19.2 Å². The Bertz CT molecular complexity index is 962. The molecule has 0 atom stereocenters. The molecule has 28 heavy (non-hydrogen) atoms. The summed E-state index contributed by atoms with van der Waals surface area (Å²) < 4.78 is 40.8. The molecule has 1 aromatic carbocycles. The van der Waals surface area contributed by atoms with Crippen LogP contribution in [0.5, 0.6) is 5.75 Å². The number of rotatable bonds is 6. The topological polar surface area (TPSA) is 85.2 Å². The van der Waals surface area contributed by atoms with E-state index in [4.69, 9.17) is 0 Å². The zero-order valence-electron chi connectivity index (χ0n) is 14.3. The zero-order valence-corrected chi connectivity index (χ0v) is 14.3. The van der Waals surface area contributed by atoms with Crippen LogP contribution in [0.25, 0.3) is 11.3 Å². The molecule has 3 aromatic rings. The fourth-order valence-electron chi connectivity index (χ4n) is 2.55. The number of ether oxygens (including phenoxy) is 1. The number of pyridine rings is 1. The highest BCUT2D eigenvalue weighted by Crippen LogP contribution is 2.27. The van der Waals surface area contributed by atoms with Gasteiger partial charge in [-0.3, -0.25) is 9.97 Å². The standard InChI is InChI=1S/C19H14F3N3O3/c20-19(21,22)28-14-6-4-13(5-7-14)17-15(24-11-16(25-17)18(26)27)8-3-12-2-1-9-23-10-12/h1-2,4-7,9-11H,3,8H2,(H,26,27). The number of alkyl halides is 3. The summed E-state index contributed by atoms with van der Waals surface area (Å²) in [6.45, 7) is 0. The minimum Gasteiger partial charge on any atom is -0.476 e. The van der Waals surface area contributed by atoms with Gasteiger partial charge < -0.3 is 9.84 Å². The van der Waals surface area contributed by atoms with Crippen LogP contribution in [0.1, 0.15) is 21.7 Å². The summed E-state index contributed by atoms with van der Waals surface area (Å²) in [6, 6.07) is 8.74. The van der Waals surface area contributed by atoms with E-state index in [1.807, 2.05) is 6.07 Å². The first-order chi connectivity index (χ1) is 13.3. The van der Waals surface area contributed by atoms with E-state index in [-0.39, 0.29) is 11.4 Å². The quantitative estimate of drug-likeness (QED) is 0.688. The molecule has 3 rings (SSSR count). The van der Waals surface area contributed by atoms with Crippen molar-refractivity contribution in [2.24, 2.45) is 0 Å². The minimum absolute atomic E-state index is 0.254. The minimum atomic E-state index is -4.79. The lowest BCUT2D eigenvalue weighted by molar-refractivity contribution is -0.274. The number of hydrogen-bond acceptors (Lipinski definition) is 5. The fourth-order valence-corrected chi connectivity index (χ4v) is 2.55. The molecule has 0 aliphatic rings. The maximum absolute atomic E-state index is 12.3. The number of aromatic carboxylic acids is 1. The molecule has 1 N–H and O–H groups in total. The van der Waals surface area contributed by atoms with Gasteiger partial charge in [0.05, 0.1) is 17.6 Å². The van der Waals surface area contributed by atoms with E-state index in [9.17, 15) is 23.1 Å². The van der Waals surface area contributed by atoms with E-state index in [2.05, 4.69) is 19.7 Å². The molecular weight excluding hydrogens is 375 g/mol. The first-order valence-corrected chi connectivity index (χ1v) is 8.16. The molecular formula is C19H14F3N3O3. The largest absolute Gasteiger partial charge is 0.573 e. The van der Waals surface area contributed by atoms with E-state index in [1.54, 1.807) is 18.5 Å². The molecule has 0 bridgehead atoms. The van der Waals surface area contributed by atoms with Crippen molar-refractivity contribution in [3.63, 3.8) is 0 Å². The lowest BCUT2D eigenvalue weighted by Gasteiger charge is -2.11. The maximum Gasteiger partial charge on any atom is 0.573 e. The number of aryl methyl sites for hydroxylation is 2. The molecule has 0 aliphatic heterocycles. The Morgan fingerprint density at radius 1 is 1.07 bits per heavy atom. The highest BCUT2D eigenvalue weighted by molar-refractivity contribution is 5.85. The number of benzene rings is 1. The molecule has 9 heteroatoms. The van der Waals surface area contributed by atoms with Crippen LogP contribution in [-0.4, -0.2) is 32.4 Å². The summed E-state index contributed by atoms with van der Waals surface area (Å²) in [7, 11) is 0. The van der Waals surface area contributed by atoms with Crippen molar-refractivity contribution in [3.05, 3.63) is 71.9 Å². The Labute approximate surface area is 157 Å². The van der Waals surface area contributed by atoms with Gasteiger partial charge in [-0.1, -0.05) is 6.07 Å². The molecule has 0 fully saturated rings. The second kappa shape index (κ2) is 8.03. The summed E-state index contributed by atoms with van der Waals surface area (Å²) in [4.78, 5) is 23.6. The average molecular weight is 389 g/mol. The van der Waals surface area contributed by atoms with E-state index in [1.165, 1.54) is 12.1 Å². The third kappa shape index (κ3) is 5.03. The first kappa shape index (κ1) is 19.3. The van der Waals surface area contributed by atoms with E-state index in [0.29, 0.717) is 29.8 Å². The van der Waals surface area contributed by atoms with Crippen molar-refractivity contribution in [3.8, 4) is 17.0 Å². The van der Waals surface area contributed by atoms with Crippen LogP contribution in [0.2, 0.25) is 0 Å². The van der Waals surface area contributed by atoms with Gasteiger partial charge in [-0.15, -0.1) is 13.2 Å². The molecule has 0 radical (unpaired) electrons. The summed E-state index contributed by atoms with van der Waals surface area (Å²) in [6.07, 6.45) is 0.778. The molecule has 0 saturated heterocycles. The smallest absolute Gasteiger partial charge is 0.476 e. The van der Waals surface area contributed by atoms with Crippen LogP contribution >= 0.6 is 0 Å². The van der Waals surface area contributed by atoms with Crippen molar-refractivity contribution in [1.82, 2.24) is 15.0 Å². The Balaban J connectivity index is 1.90. The number of carboxylic acid groups (broad SMARTS) is 1. The molecule has 144 valence electrons. The van der Waals surface area contributed by atoms with E-state index >= 15 is 0 Å². The fraction of sp³-hybridized carbons (Fsp3) is 0.158. The van der Waals surface area contributed by atoms with Gasteiger partial charge in [0.2, 0.25) is 0 Å². The van der Waals surface area contributed by atoms with Gasteiger partial charge in [-0.25, -0.2) is 9.78 Å². The maximum atomic E-state index is 12.3. The van der Waals surface area contributed by atoms with Crippen LogP contribution in [-0.2, 0) is 12.8 Å². The SMILES string of the molecule is O=C(O)c1cnc(CCc2cccnc2)c(-c2ccc(OC(F)(F)F)cc2)n1. The van der Waals surface area contributed by atoms with E-state index in [0.717, 1.165) is 23.9 Å². The van der Waals surface area contributed by atoms with Gasteiger partial charge in [0, 0.05) is 18.0 Å². The van der Waals surface area contributed by atoms with Crippen LogP contribution < -0.4 is 4.74 Å². The lowest BCUT2D eigenvalue weighted by Crippen LogP contribution is -2.17. The Hall–Kier alpha value is -3.49. The van der Waals surface area contributed by atoms with Crippen molar-refractivity contribution >= 4 is 5.97 Å². The van der Waals surface area contributed by atoms with E-state index < -0.39 is 12.3 Å². The second-order valence-electron chi connectivity index (χ2n) is 5.79. The molecule has 0 amide bonds. The zero-order chi connectivity index (χ0) is 20.1. The predicted octanol–water partition coefficient (Wildman–Crippen LogP) is 3.92. The number of halogens is 3. The summed E-state index contributed by atoms with van der Waals surface area (Å²) in [5, 5.41) is 9.17. The highest BCUT2D eigenvalue weighted by atomic mass is 19.4. The molecule has 2 aromatic heterocycles. The summed E-state index contributed by atoms with van der Waals surface area (Å²) in [5.41, 5.74) is 1.97. The van der Waals surface area contributed by atoms with Crippen molar-refractivity contribution < 1.29 is 27.8 Å². The van der Waals surface area contributed by atoms with Crippen molar-refractivity contribution in [1.29, 1.82) is 0 Å². The second-order valence-corrected chi connectivity index (χ2v) is 5.79. The van der Waals surface area contributed by atoms with Gasteiger partial charge in [-0.05, 0) is 48.7 Å². The number of aromatic nitrogens is 3. The number of carboxylic acids is 1. The lowest BCUT2D eigenvalue weighted by atomic mass is 10.0. The van der Waals surface area contributed by atoms with Crippen LogP contribution in [0, 0.1) is 0 Å². The number of hydrogen-bond donors (Lipinski definition) is 1. The van der Waals surface area contributed by atoms with Gasteiger partial charge >= 0.3 is 12.3 Å². The third-order valence-electron chi connectivity index (χ3n) is 3.80. The number of nitrogens with zero attached hydrogens (tertiary/aromatic N) is 3. The Morgan fingerprint density at radius 3 is 2.43 bits per heavy atom. The van der Waals surface area contributed by atoms with Crippen LogP contribution in [0.15, 0.2) is 55.0 Å². The Morgan fingerprint density at radius 2 is 1.82 bits per heavy atom. The van der Waals surface area contributed by atoms with Crippen LogP contribution in [0.3, 0.4) is 0 Å². The molecule has 0 spiro atoms. The Kier molecular flexibility index (Phi) is 5.53. The molecule has 0 unspecified atom stereocenters. The normalized spacial score (nSPS) is 11.2. The van der Waals surface area contributed by atoms with Gasteiger partial charge in [0.15, 0.2) is 5.69 Å². The summed E-state index contributed by atoms with van der Waals surface area (Å²) in [5.74, 6) is -1.62. The van der Waals surface area contributed by atoms with Crippen molar-refractivity contribution in [2.75, 3.05) is 0 Å². The number of carbonyl (C=O) groups is 1. The van der Waals surface area contributed by atoms with Crippen LogP contribution in [0.4, 0.5) is 13.2 Å². The van der Waals surface area contributed by atoms with Gasteiger partial charge in [0.25, 0.3) is 0 Å². The average Bonchev–Trinajstić information content (AvgIpc) is 2.66. The monoisotopic (exact) mass is 389 g/mol. The van der Waals surface area contributed by atoms with Gasteiger partial charge in [0.1, 0.15) is 5.75 Å². The highest BCUT2D eigenvalue weighted by Gasteiger charge is 2.31. The molecule has 6 nitrogen and oxygen atoms in total. The third-order valence-corrected chi connectivity index (χ3v) is 3.80.